The minimum absolute atomic E-state index is 0.0449. The molecule has 0 saturated heterocycles. The quantitative estimate of drug-likeness (QED) is 0.573. The summed E-state index contributed by atoms with van der Waals surface area (Å²) in [6.45, 7) is 1.82. The molecule has 0 unspecified atom stereocenters. The third-order valence-electron chi connectivity index (χ3n) is 3.66. The number of carbonyl (C=O) groups is 1. The number of benzene rings is 2. The van der Waals surface area contributed by atoms with E-state index in [1.54, 1.807) is 25.1 Å². The largest absolute Gasteiger partial charge is 0.481 e. The van der Waals surface area contributed by atoms with Crippen molar-refractivity contribution in [2.45, 2.75) is 24.8 Å². The maximum Gasteiger partial charge on any atom is 0.277 e. The molecule has 0 fully saturated rings. The molecule has 0 spiro atoms. The van der Waals surface area contributed by atoms with Crippen molar-refractivity contribution < 1.29 is 22.7 Å². The highest BCUT2D eigenvalue weighted by atomic mass is 32.2. The standard InChI is InChI=1S/C19H17F2N3O3S/c1-12(26-15-8-6-14(20)7-9-15)18-23-24-19(27-18)28-11-17(25)22-10-13-4-2-3-5-16(13)21/h2-9,12H,10-11H2,1H3,(H,22,25)/t12-/m0/s1. The molecule has 1 heterocycles. The van der Waals surface area contributed by atoms with Gasteiger partial charge in [0.25, 0.3) is 11.1 Å². The van der Waals surface area contributed by atoms with E-state index >= 15 is 0 Å². The first-order chi connectivity index (χ1) is 13.5. The summed E-state index contributed by atoms with van der Waals surface area (Å²) in [5.41, 5.74) is 0.410. The first-order valence-corrected chi connectivity index (χ1v) is 9.38. The lowest BCUT2D eigenvalue weighted by Crippen LogP contribution is -2.25. The maximum atomic E-state index is 13.5. The van der Waals surface area contributed by atoms with Crippen molar-refractivity contribution in [3.05, 3.63) is 71.6 Å². The van der Waals surface area contributed by atoms with Gasteiger partial charge in [0, 0.05) is 12.1 Å². The van der Waals surface area contributed by atoms with E-state index in [1.807, 2.05) is 0 Å². The topological polar surface area (TPSA) is 77.2 Å². The van der Waals surface area contributed by atoms with Crippen LogP contribution in [0.1, 0.15) is 24.5 Å². The number of nitrogens with one attached hydrogen (secondary N) is 1. The molecule has 2 aromatic carbocycles. The zero-order valence-corrected chi connectivity index (χ0v) is 15.7. The minimum Gasteiger partial charge on any atom is -0.481 e. The molecule has 3 aromatic rings. The van der Waals surface area contributed by atoms with Gasteiger partial charge in [-0.15, -0.1) is 10.2 Å². The molecular weight excluding hydrogens is 388 g/mol. The molecule has 3 rings (SSSR count). The fourth-order valence-corrected chi connectivity index (χ4v) is 2.82. The van der Waals surface area contributed by atoms with Crippen molar-refractivity contribution in [2.24, 2.45) is 0 Å². The lowest BCUT2D eigenvalue weighted by atomic mass is 10.2. The molecule has 1 aromatic heterocycles. The minimum atomic E-state index is -0.540. The predicted molar refractivity (Wildman–Crippen MR) is 98.7 cm³/mol. The number of nitrogens with zero attached hydrogens (tertiary/aromatic N) is 2. The Labute approximate surface area is 164 Å². The molecular formula is C19H17F2N3O3S. The van der Waals surface area contributed by atoms with Crippen LogP contribution in [0.25, 0.3) is 0 Å². The zero-order chi connectivity index (χ0) is 19.9. The summed E-state index contributed by atoms with van der Waals surface area (Å²) in [6.07, 6.45) is -0.540. The molecule has 9 heteroatoms. The van der Waals surface area contributed by atoms with Gasteiger partial charge in [0.1, 0.15) is 17.4 Å². The van der Waals surface area contributed by atoms with E-state index in [9.17, 15) is 13.6 Å². The van der Waals surface area contributed by atoms with Crippen molar-refractivity contribution in [1.82, 2.24) is 15.5 Å². The van der Waals surface area contributed by atoms with E-state index in [2.05, 4.69) is 15.5 Å². The molecule has 6 nitrogen and oxygen atoms in total. The number of thioether (sulfide) groups is 1. The van der Waals surface area contributed by atoms with Gasteiger partial charge in [-0.05, 0) is 37.3 Å². The van der Waals surface area contributed by atoms with Crippen molar-refractivity contribution in [3.63, 3.8) is 0 Å². The third-order valence-corrected chi connectivity index (χ3v) is 4.48. The Bertz CT molecular complexity index is 934. The number of hydrogen-bond donors (Lipinski definition) is 1. The molecule has 146 valence electrons. The molecule has 1 atom stereocenters. The number of aromatic nitrogens is 2. The van der Waals surface area contributed by atoms with Gasteiger partial charge in [-0.3, -0.25) is 4.79 Å². The van der Waals surface area contributed by atoms with Crippen LogP contribution in [0.4, 0.5) is 8.78 Å². The Balaban J connectivity index is 1.46. The predicted octanol–water partition coefficient (Wildman–Crippen LogP) is 3.90. The molecule has 0 aliphatic carbocycles. The average molecular weight is 405 g/mol. The molecule has 0 aliphatic rings. The Morgan fingerprint density at radius 2 is 1.93 bits per heavy atom. The molecule has 1 N–H and O–H groups in total. The lowest BCUT2D eigenvalue weighted by molar-refractivity contribution is -0.118. The Morgan fingerprint density at radius 3 is 2.68 bits per heavy atom. The summed E-state index contributed by atoms with van der Waals surface area (Å²) in [5, 5.41) is 10.6. The molecule has 0 aliphatic heterocycles. The van der Waals surface area contributed by atoms with Crippen LogP contribution in [-0.2, 0) is 11.3 Å². The summed E-state index contributed by atoms with van der Waals surface area (Å²) < 4.78 is 37.5. The third kappa shape index (κ3) is 5.53. The Kier molecular flexibility index (Phi) is 6.59. The van der Waals surface area contributed by atoms with Gasteiger partial charge < -0.3 is 14.5 Å². The number of amides is 1. The van der Waals surface area contributed by atoms with Gasteiger partial charge in [-0.25, -0.2) is 8.78 Å². The normalized spacial score (nSPS) is 11.8. The van der Waals surface area contributed by atoms with E-state index in [-0.39, 0.29) is 41.0 Å². The summed E-state index contributed by atoms with van der Waals surface area (Å²) in [6, 6.07) is 11.8. The van der Waals surface area contributed by atoms with Crippen molar-refractivity contribution in [1.29, 1.82) is 0 Å². The number of hydrogen-bond acceptors (Lipinski definition) is 6. The van der Waals surface area contributed by atoms with Gasteiger partial charge in [0.05, 0.1) is 5.75 Å². The van der Waals surface area contributed by atoms with E-state index in [0.29, 0.717) is 11.3 Å². The lowest BCUT2D eigenvalue weighted by Gasteiger charge is -2.10. The summed E-state index contributed by atoms with van der Waals surface area (Å²) in [7, 11) is 0. The van der Waals surface area contributed by atoms with E-state index in [1.165, 1.54) is 30.3 Å². The van der Waals surface area contributed by atoms with Gasteiger partial charge in [0.2, 0.25) is 5.91 Å². The second-order valence-corrected chi connectivity index (χ2v) is 6.70. The fraction of sp³-hybridized carbons (Fsp3) is 0.211. The van der Waals surface area contributed by atoms with Gasteiger partial charge in [0.15, 0.2) is 6.10 Å². The average Bonchev–Trinajstić information content (AvgIpc) is 3.17. The first kappa shape index (κ1) is 19.8. The molecule has 0 saturated carbocycles. The monoisotopic (exact) mass is 405 g/mol. The summed E-state index contributed by atoms with van der Waals surface area (Å²) >= 11 is 1.06. The fourth-order valence-electron chi connectivity index (χ4n) is 2.22. The van der Waals surface area contributed by atoms with Crippen LogP contribution in [0.2, 0.25) is 0 Å². The molecule has 1 amide bonds. The Morgan fingerprint density at radius 1 is 1.18 bits per heavy atom. The smallest absolute Gasteiger partial charge is 0.277 e. The number of rotatable bonds is 8. The second-order valence-electron chi connectivity index (χ2n) is 5.78. The number of halogens is 2. The van der Waals surface area contributed by atoms with Crippen LogP contribution in [0, 0.1) is 11.6 Å². The summed E-state index contributed by atoms with van der Waals surface area (Å²) in [5.74, 6) is -0.267. The van der Waals surface area contributed by atoms with Crippen LogP contribution in [-0.4, -0.2) is 21.9 Å². The van der Waals surface area contributed by atoms with Gasteiger partial charge in [-0.1, -0.05) is 30.0 Å². The highest BCUT2D eigenvalue weighted by Crippen LogP contribution is 2.24. The van der Waals surface area contributed by atoms with Crippen molar-refractivity contribution in [3.8, 4) is 5.75 Å². The van der Waals surface area contributed by atoms with Crippen molar-refractivity contribution >= 4 is 17.7 Å². The van der Waals surface area contributed by atoms with Crippen LogP contribution >= 0.6 is 11.8 Å². The highest BCUT2D eigenvalue weighted by molar-refractivity contribution is 7.99. The van der Waals surface area contributed by atoms with E-state index < -0.39 is 6.10 Å². The maximum absolute atomic E-state index is 13.5. The van der Waals surface area contributed by atoms with Gasteiger partial charge in [-0.2, -0.15) is 0 Å². The van der Waals surface area contributed by atoms with Crippen LogP contribution in [0.3, 0.4) is 0 Å². The second kappa shape index (κ2) is 9.32. The van der Waals surface area contributed by atoms with Crippen molar-refractivity contribution in [2.75, 3.05) is 5.75 Å². The highest BCUT2D eigenvalue weighted by Gasteiger charge is 2.17. The van der Waals surface area contributed by atoms with Crippen LogP contribution < -0.4 is 10.1 Å². The molecule has 28 heavy (non-hydrogen) atoms. The van der Waals surface area contributed by atoms with Crippen LogP contribution in [0.15, 0.2) is 58.2 Å². The molecule has 0 radical (unpaired) electrons. The number of carbonyl (C=O) groups excluding carboxylic acids is 1. The zero-order valence-electron chi connectivity index (χ0n) is 14.9. The van der Waals surface area contributed by atoms with Crippen LogP contribution in [0.5, 0.6) is 5.75 Å². The summed E-state index contributed by atoms with van der Waals surface area (Å²) in [4.78, 5) is 11.9. The molecule has 0 bridgehead atoms. The Hall–Kier alpha value is -2.94. The van der Waals surface area contributed by atoms with E-state index in [4.69, 9.17) is 9.15 Å². The SMILES string of the molecule is C[C@H](Oc1ccc(F)cc1)c1nnc(SCC(=O)NCc2ccccc2F)o1. The van der Waals surface area contributed by atoms with Gasteiger partial charge >= 0.3 is 0 Å². The van der Waals surface area contributed by atoms with E-state index in [0.717, 1.165) is 11.8 Å². The first-order valence-electron chi connectivity index (χ1n) is 8.40. The number of ether oxygens (including phenoxy) is 1.